The van der Waals surface area contributed by atoms with Crippen molar-refractivity contribution in [2.75, 3.05) is 13.2 Å². The van der Waals surface area contributed by atoms with Crippen molar-refractivity contribution in [3.05, 3.63) is 58.6 Å². The van der Waals surface area contributed by atoms with Crippen molar-refractivity contribution < 1.29 is 14.3 Å². The van der Waals surface area contributed by atoms with E-state index >= 15 is 0 Å². The van der Waals surface area contributed by atoms with Crippen LogP contribution in [-0.2, 0) is 6.42 Å². The first kappa shape index (κ1) is 13.0. The lowest BCUT2D eigenvalue weighted by atomic mass is 10.1. The maximum absolute atomic E-state index is 12.2. The highest BCUT2D eigenvalue weighted by molar-refractivity contribution is 6.30. The molecule has 0 bridgehead atoms. The zero-order valence-electron chi connectivity index (χ0n) is 10.8. The molecule has 0 spiro atoms. The van der Waals surface area contributed by atoms with Crippen LogP contribution in [0.3, 0.4) is 0 Å². The number of halogens is 1. The molecule has 3 nitrogen and oxygen atoms in total. The van der Waals surface area contributed by atoms with Crippen molar-refractivity contribution in [3.63, 3.8) is 0 Å². The summed E-state index contributed by atoms with van der Waals surface area (Å²) in [4.78, 5) is 12.2. The molecule has 102 valence electrons. The van der Waals surface area contributed by atoms with E-state index in [-0.39, 0.29) is 12.4 Å². The Bertz CT molecular complexity index is 652. The second-order valence-corrected chi connectivity index (χ2v) is 5.00. The molecule has 4 heteroatoms. The Morgan fingerprint density at radius 3 is 2.95 bits per heavy atom. The Hall–Kier alpha value is -2.00. The van der Waals surface area contributed by atoms with Crippen LogP contribution in [0.15, 0.2) is 42.5 Å². The number of fused-ring (bicyclic) bond motifs is 1. The number of Topliss-reactive ketones (excluding diaryl/α,β-unsaturated/α-hetero) is 1. The second-order valence-electron chi connectivity index (χ2n) is 4.56. The summed E-state index contributed by atoms with van der Waals surface area (Å²) < 4.78 is 11.0. The molecular weight excluding hydrogens is 276 g/mol. The Balaban J connectivity index is 1.73. The van der Waals surface area contributed by atoms with E-state index in [0.29, 0.717) is 28.7 Å². The highest BCUT2D eigenvalue weighted by Gasteiger charge is 2.20. The predicted molar refractivity (Wildman–Crippen MR) is 76.9 cm³/mol. The van der Waals surface area contributed by atoms with E-state index in [1.54, 1.807) is 30.3 Å². The summed E-state index contributed by atoms with van der Waals surface area (Å²) in [5, 5.41) is 0.582. The predicted octanol–water partition coefficient (Wildman–Crippen LogP) is 3.54. The summed E-state index contributed by atoms with van der Waals surface area (Å²) in [7, 11) is 0. The van der Waals surface area contributed by atoms with E-state index in [1.807, 2.05) is 12.1 Å². The molecule has 2 aromatic rings. The van der Waals surface area contributed by atoms with Crippen molar-refractivity contribution in [2.24, 2.45) is 0 Å². The van der Waals surface area contributed by atoms with Crippen LogP contribution in [0.2, 0.25) is 5.02 Å². The SMILES string of the molecule is O=C(COc1cccc(Cl)c1)c1cccc2c1OCC2. The van der Waals surface area contributed by atoms with Gasteiger partial charge in [-0.05, 0) is 29.8 Å². The zero-order chi connectivity index (χ0) is 13.9. The standard InChI is InChI=1S/C16H13ClO3/c17-12-4-2-5-13(9-12)20-10-15(18)14-6-1-3-11-7-8-19-16(11)14/h1-6,9H,7-8,10H2. The average molecular weight is 289 g/mol. The Morgan fingerprint density at radius 2 is 2.10 bits per heavy atom. The lowest BCUT2D eigenvalue weighted by Gasteiger charge is -2.08. The summed E-state index contributed by atoms with van der Waals surface area (Å²) in [6.45, 7) is 0.606. The summed E-state index contributed by atoms with van der Waals surface area (Å²) in [5.41, 5.74) is 1.67. The van der Waals surface area contributed by atoms with Crippen LogP contribution in [0.5, 0.6) is 11.5 Å². The fourth-order valence-electron chi connectivity index (χ4n) is 2.22. The smallest absolute Gasteiger partial charge is 0.203 e. The minimum absolute atomic E-state index is 0.0276. The Labute approximate surface area is 122 Å². The maximum atomic E-state index is 12.2. The maximum Gasteiger partial charge on any atom is 0.203 e. The molecule has 0 N–H and O–H groups in total. The van der Waals surface area contributed by atoms with E-state index in [0.717, 1.165) is 12.0 Å². The van der Waals surface area contributed by atoms with Crippen LogP contribution in [-0.4, -0.2) is 19.0 Å². The normalized spacial score (nSPS) is 12.7. The molecule has 0 fully saturated rings. The van der Waals surface area contributed by atoms with Crippen LogP contribution < -0.4 is 9.47 Å². The first-order chi connectivity index (χ1) is 9.74. The largest absolute Gasteiger partial charge is 0.492 e. The lowest BCUT2D eigenvalue weighted by molar-refractivity contribution is 0.0918. The van der Waals surface area contributed by atoms with Crippen LogP contribution in [0.25, 0.3) is 0 Å². The molecule has 1 heterocycles. The fraction of sp³-hybridized carbons (Fsp3) is 0.188. The van der Waals surface area contributed by atoms with Crippen LogP contribution in [0.1, 0.15) is 15.9 Å². The number of carbonyl (C=O) groups excluding carboxylic acids is 1. The fourth-order valence-corrected chi connectivity index (χ4v) is 2.40. The molecule has 0 atom stereocenters. The molecule has 20 heavy (non-hydrogen) atoms. The van der Waals surface area contributed by atoms with Gasteiger partial charge in [-0.25, -0.2) is 0 Å². The highest BCUT2D eigenvalue weighted by Crippen LogP contribution is 2.29. The number of hydrogen-bond donors (Lipinski definition) is 0. The van der Waals surface area contributed by atoms with Gasteiger partial charge < -0.3 is 9.47 Å². The van der Waals surface area contributed by atoms with Crippen molar-refractivity contribution >= 4 is 17.4 Å². The first-order valence-corrected chi connectivity index (χ1v) is 6.78. The van der Waals surface area contributed by atoms with Crippen molar-refractivity contribution in [1.29, 1.82) is 0 Å². The highest BCUT2D eigenvalue weighted by atomic mass is 35.5. The molecule has 0 aliphatic carbocycles. The summed E-state index contributed by atoms with van der Waals surface area (Å²) in [6.07, 6.45) is 0.853. The molecule has 1 aliphatic heterocycles. The van der Waals surface area contributed by atoms with Gasteiger partial charge in [0, 0.05) is 11.4 Å². The van der Waals surface area contributed by atoms with Crippen molar-refractivity contribution in [1.82, 2.24) is 0 Å². The quantitative estimate of drug-likeness (QED) is 0.807. The van der Waals surface area contributed by atoms with Crippen LogP contribution in [0.4, 0.5) is 0 Å². The summed E-state index contributed by atoms with van der Waals surface area (Å²) in [5.74, 6) is 1.19. The molecule has 0 unspecified atom stereocenters. The molecule has 3 rings (SSSR count). The summed E-state index contributed by atoms with van der Waals surface area (Å²) in [6, 6.07) is 12.6. The van der Waals surface area contributed by atoms with Gasteiger partial charge in [-0.2, -0.15) is 0 Å². The van der Waals surface area contributed by atoms with Gasteiger partial charge in [0.15, 0.2) is 6.61 Å². The Kier molecular flexibility index (Phi) is 3.61. The number of carbonyl (C=O) groups is 1. The van der Waals surface area contributed by atoms with E-state index in [1.165, 1.54) is 0 Å². The van der Waals surface area contributed by atoms with Gasteiger partial charge in [0.25, 0.3) is 0 Å². The number of benzene rings is 2. The monoisotopic (exact) mass is 288 g/mol. The topological polar surface area (TPSA) is 35.5 Å². The van der Waals surface area contributed by atoms with E-state index in [4.69, 9.17) is 21.1 Å². The molecule has 0 saturated heterocycles. The molecular formula is C16H13ClO3. The lowest BCUT2D eigenvalue weighted by Crippen LogP contribution is -2.12. The minimum Gasteiger partial charge on any atom is -0.492 e. The third kappa shape index (κ3) is 2.63. The number of hydrogen-bond acceptors (Lipinski definition) is 3. The molecule has 0 saturated carbocycles. The van der Waals surface area contributed by atoms with Gasteiger partial charge in [0.2, 0.25) is 5.78 Å². The average Bonchev–Trinajstić information content (AvgIpc) is 2.93. The van der Waals surface area contributed by atoms with E-state index in [9.17, 15) is 4.79 Å². The van der Waals surface area contributed by atoms with Crippen LogP contribution >= 0.6 is 11.6 Å². The number of ketones is 1. The third-order valence-corrected chi connectivity index (χ3v) is 3.42. The first-order valence-electron chi connectivity index (χ1n) is 6.40. The van der Waals surface area contributed by atoms with Gasteiger partial charge in [0.1, 0.15) is 11.5 Å². The van der Waals surface area contributed by atoms with Gasteiger partial charge in [0.05, 0.1) is 12.2 Å². The minimum atomic E-state index is -0.0938. The van der Waals surface area contributed by atoms with E-state index < -0.39 is 0 Å². The zero-order valence-corrected chi connectivity index (χ0v) is 11.5. The van der Waals surface area contributed by atoms with Crippen LogP contribution in [0, 0.1) is 0 Å². The molecule has 2 aromatic carbocycles. The summed E-state index contributed by atoms with van der Waals surface area (Å²) >= 11 is 5.87. The molecule has 0 radical (unpaired) electrons. The molecule has 0 amide bonds. The number of ether oxygens (including phenoxy) is 2. The second kappa shape index (κ2) is 5.55. The third-order valence-electron chi connectivity index (χ3n) is 3.18. The number of para-hydroxylation sites is 1. The molecule has 1 aliphatic rings. The van der Waals surface area contributed by atoms with Gasteiger partial charge in [-0.15, -0.1) is 0 Å². The van der Waals surface area contributed by atoms with Gasteiger partial charge in [-0.1, -0.05) is 29.8 Å². The van der Waals surface area contributed by atoms with Crippen molar-refractivity contribution in [3.8, 4) is 11.5 Å². The van der Waals surface area contributed by atoms with E-state index in [2.05, 4.69) is 0 Å². The van der Waals surface area contributed by atoms with Gasteiger partial charge in [-0.3, -0.25) is 4.79 Å². The van der Waals surface area contributed by atoms with Crippen molar-refractivity contribution in [2.45, 2.75) is 6.42 Å². The Morgan fingerprint density at radius 1 is 1.25 bits per heavy atom. The number of rotatable bonds is 4. The molecule has 0 aromatic heterocycles. The van der Waals surface area contributed by atoms with Gasteiger partial charge >= 0.3 is 0 Å².